The number of furan rings is 1. The van der Waals surface area contributed by atoms with Gasteiger partial charge in [-0.25, -0.2) is 0 Å². The molecule has 0 aliphatic heterocycles. The summed E-state index contributed by atoms with van der Waals surface area (Å²) in [5, 5.41) is 10.9. The van der Waals surface area contributed by atoms with E-state index in [1.54, 1.807) is 0 Å². The van der Waals surface area contributed by atoms with Gasteiger partial charge in [-0.15, -0.1) is 60.1 Å². The fourth-order valence-corrected chi connectivity index (χ4v) is 15.8. The minimum absolute atomic E-state index is 1.03. The second kappa shape index (κ2) is 19.6. The summed E-state index contributed by atoms with van der Waals surface area (Å²) in [6.45, 7) is 0. The van der Waals surface area contributed by atoms with E-state index in [0.717, 1.165) is 11.2 Å². The van der Waals surface area contributed by atoms with Crippen LogP contribution in [-0.4, -0.2) is 235 Å². The van der Waals surface area contributed by atoms with E-state index < -0.39 is 0 Å². The average molecular weight is 977 g/mol. The highest BCUT2D eigenvalue weighted by Crippen LogP contribution is 2.41. The standard InChI is InChI=1S/C48H60B30O/c49-17-11(33(65)46(78)48-16(17)15-18(50)12-14(34(66)47(15)79-48)32(64)42(74)41(73)31(12)63)13-27(59)25(57)9(26(58)28(13)60)2-6-3(19(51)35(67)38(70)22(6)54)1(4-7(2)23(55)39(71)36(68)20(4)52)5-8(24(56)40(72)37(69)21(5)53)10-29(61)43(75)45(77)44(76)30(10)62/h49-78H2. The maximum absolute atomic E-state index is 7.19. The van der Waals surface area contributed by atoms with Crippen LogP contribution in [0.4, 0.5) is 0 Å². The lowest BCUT2D eigenvalue weighted by Gasteiger charge is -2.33. The van der Waals surface area contributed by atoms with Crippen molar-refractivity contribution in [1.82, 2.24) is 0 Å². The molecule has 0 bridgehead atoms. The Balaban J connectivity index is 1.42. The molecule has 348 valence electrons. The van der Waals surface area contributed by atoms with Crippen molar-refractivity contribution in [2.45, 2.75) is 0 Å². The summed E-state index contributed by atoms with van der Waals surface area (Å²) in [7, 11) is 71.2. The van der Waals surface area contributed by atoms with Gasteiger partial charge < -0.3 is 4.42 Å². The molecule has 0 amide bonds. The highest BCUT2D eigenvalue weighted by Gasteiger charge is 2.33. The van der Waals surface area contributed by atoms with Crippen LogP contribution in [0.1, 0.15) is 0 Å². The molecule has 9 aromatic carbocycles. The van der Waals surface area contributed by atoms with Gasteiger partial charge in [0.25, 0.3) is 0 Å². The molecular weight excluding hydrogens is 917 g/mol. The predicted molar refractivity (Wildman–Crippen MR) is 453 cm³/mol. The zero-order chi connectivity index (χ0) is 58.4. The zero-order valence-electron chi connectivity index (χ0n) is 54.4. The Labute approximate surface area is 498 Å². The molecule has 0 radical (unpaired) electrons. The molecule has 10 rings (SSSR count). The highest BCUT2D eigenvalue weighted by atomic mass is 16.3. The van der Waals surface area contributed by atoms with Crippen LogP contribution in [0.5, 0.6) is 0 Å². The Kier molecular flexibility index (Phi) is 14.3. The van der Waals surface area contributed by atoms with Crippen molar-refractivity contribution in [3.8, 4) is 44.5 Å². The minimum Gasteiger partial charge on any atom is -0.457 e. The molecule has 31 heteroatoms. The van der Waals surface area contributed by atoms with Crippen molar-refractivity contribution in [2.75, 3.05) is 0 Å². The van der Waals surface area contributed by atoms with Gasteiger partial charge in [0.15, 0.2) is 0 Å². The quantitative estimate of drug-likeness (QED) is 0.127. The molecule has 10 aromatic rings. The molecule has 0 saturated carbocycles. The van der Waals surface area contributed by atoms with Crippen LogP contribution in [-0.2, 0) is 0 Å². The summed E-state index contributed by atoms with van der Waals surface area (Å²) in [5.41, 5.74) is 54.2. The Bertz CT molecular complexity index is 4460. The van der Waals surface area contributed by atoms with Gasteiger partial charge >= 0.3 is 0 Å². The van der Waals surface area contributed by atoms with Gasteiger partial charge in [0, 0.05) is 10.8 Å². The monoisotopic (exact) mass is 983 g/mol. The van der Waals surface area contributed by atoms with E-state index in [2.05, 4.69) is 235 Å². The molecule has 0 spiro atoms. The van der Waals surface area contributed by atoms with Crippen molar-refractivity contribution in [2.24, 2.45) is 0 Å². The molecule has 0 aliphatic rings. The minimum atomic E-state index is 1.03. The van der Waals surface area contributed by atoms with E-state index in [-0.39, 0.29) is 0 Å². The lowest BCUT2D eigenvalue weighted by atomic mass is 9.54. The van der Waals surface area contributed by atoms with E-state index >= 15 is 0 Å². The van der Waals surface area contributed by atoms with Crippen molar-refractivity contribution >= 4 is 454 Å². The van der Waals surface area contributed by atoms with Crippen molar-refractivity contribution < 1.29 is 4.42 Å². The van der Waals surface area contributed by atoms with E-state index in [9.17, 15) is 0 Å². The molecule has 0 N–H and O–H groups in total. The van der Waals surface area contributed by atoms with Crippen LogP contribution in [0, 0.1) is 0 Å². The highest BCUT2D eigenvalue weighted by molar-refractivity contribution is 6.77. The van der Waals surface area contributed by atoms with Crippen molar-refractivity contribution in [3.63, 3.8) is 0 Å². The molecule has 0 fully saturated rings. The third kappa shape index (κ3) is 7.52. The number of fused-ring (bicyclic) bond motifs is 6. The zero-order valence-corrected chi connectivity index (χ0v) is 54.4. The first kappa shape index (κ1) is 57.7. The lowest BCUT2D eigenvalue weighted by Crippen LogP contribution is -2.57. The van der Waals surface area contributed by atoms with Gasteiger partial charge in [0.05, 0.1) is 0 Å². The maximum atomic E-state index is 7.19. The summed E-state index contributed by atoms with van der Waals surface area (Å²) < 4.78 is 7.19. The first-order chi connectivity index (χ1) is 36.8. The Hall–Kier alpha value is -4.49. The normalized spacial score (nSPS) is 11.8. The molecule has 0 atom stereocenters. The molecule has 1 nitrogen and oxygen atoms in total. The molecule has 0 aliphatic carbocycles. The van der Waals surface area contributed by atoms with Crippen molar-refractivity contribution in [1.29, 1.82) is 0 Å². The Morgan fingerprint density at radius 1 is 0.114 bits per heavy atom. The molecule has 0 unspecified atom stereocenters. The van der Waals surface area contributed by atoms with E-state index in [4.69, 9.17) is 4.42 Å². The Morgan fingerprint density at radius 2 is 0.304 bits per heavy atom. The molecule has 79 heavy (non-hydrogen) atoms. The fraction of sp³-hybridized carbons (Fsp3) is 0. The first-order valence-electron chi connectivity index (χ1n) is 29.4. The van der Waals surface area contributed by atoms with Gasteiger partial charge in [-0.3, -0.25) is 0 Å². The second-order valence-electron chi connectivity index (χ2n) is 25.5. The first-order valence-corrected chi connectivity index (χ1v) is 29.4. The maximum Gasteiger partial charge on any atom is 0.145 e. The summed E-state index contributed by atoms with van der Waals surface area (Å²) >= 11 is 0. The topological polar surface area (TPSA) is 13.1 Å². The third-order valence-corrected chi connectivity index (χ3v) is 22.8. The third-order valence-electron chi connectivity index (χ3n) is 22.8. The van der Waals surface area contributed by atoms with Crippen LogP contribution in [0.15, 0.2) is 4.42 Å². The number of benzene rings is 9. The summed E-state index contributed by atoms with van der Waals surface area (Å²) in [5.74, 6) is 0. The van der Waals surface area contributed by atoms with E-state index in [1.165, 1.54) is 251 Å². The SMILES string of the molecule is Bc1c(B)c(B)c(-c2c(B)c(B)c(B)c(B)c2-c2c3c(B)c(B)c(B)c(B)c3c(-c3c(B)c(B)c(-c4c(B)c(B)c5oc6c(B)c7c(B)c(B)c(B)c(B)c7c(B)c6c5c4B)c(B)c3B)c3c(B)c(B)c(B)c(B)c23)c(B)c1B. The smallest absolute Gasteiger partial charge is 0.145 e. The molecule has 1 aromatic heterocycles. The Morgan fingerprint density at radius 3 is 0.671 bits per heavy atom. The van der Waals surface area contributed by atoms with Crippen LogP contribution in [0.3, 0.4) is 0 Å². The van der Waals surface area contributed by atoms with Gasteiger partial charge in [-0.05, 0) is 82.3 Å². The fourth-order valence-electron chi connectivity index (χ4n) is 15.8. The van der Waals surface area contributed by atoms with E-state index in [1.807, 2.05) is 0 Å². The van der Waals surface area contributed by atoms with Gasteiger partial charge in [0.2, 0.25) is 0 Å². The van der Waals surface area contributed by atoms with Crippen molar-refractivity contribution in [3.05, 3.63) is 0 Å². The van der Waals surface area contributed by atoms with Crippen LogP contribution in [0.2, 0.25) is 0 Å². The lowest BCUT2D eigenvalue weighted by molar-refractivity contribution is 0.675. The van der Waals surface area contributed by atoms with Crippen LogP contribution >= 0.6 is 0 Å². The number of hydrogen-bond acceptors (Lipinski definition) is 1. The largest absolute Gasteiger partial charge is 0.457 e. The summed E-state index contributed by atoms with van der Waals surface area (Å²) in [6, 6.07) is 0. The molecular formula is C48H60B30O. The van der Waals surface area contributed by atoms with E-state index in [0.29, 0.717) is 0 Å². The van der Waals surface area contributed by atoms with Gasteiger partial charge in [-0.1, -0.05) is 98.3 Å². The van der Waals surface area contributed by atoms with Gasteiger partial charge in [0.1, 0.15) is 247 Å². The number of rotatable bonds is 4. The molecule has 0 saturated heterocycles. The summed E-state index contributed by atoms with van der Waals surface area (Å²) in [6.07, 6.45) is 0. The predicted octanol–water partition coefficient (Wildman–Crippen LogP) is -38.5. The second-order valence-corrected chi connectivity index (χ2v) is 25.5. The summed E-state index contributed by atoms with van der Waals surface area (Å²) in [4.78, 5) is 0. The van der Waals surface area contributed by atoms with Crippen LogP contribution in [0.25, 0.3) is 98.8 Å². The van der Waals surface area contributed by atoms with Gasteiger partial charge in [-0.2, -0.15) is 0 Å². The molecule has 1 heterocycles. The van der Waals surface area contributed by atoms with Crippen LogP contribution < -0.4 is 164 Å². The average Bonchev–Trinajstić information content (AvgIpc) is 4.08. The number of hydrogen-bond donors (Lipinski definition) is 0.